The van der Waals surface area contributed by atoms with E-state index in [2.05, 4.69) is 207 Å². The molecule has 2 aliphatic rings. The first kappa shape index (κ1) is 32.8. The number of benzene rings is 8. The van der Waals surface area contributed by atoms with Gasteiger partial charge in [0.15, 0.2) is 0 Å². The van der Waals surface area contributed by atoms with Crippen molar-refractivity contribution in [3.63, 3.8) is 0 Å². The van der Waals surface area contributed by atoms with Crippen molar-refractivity contribution in [2.24, 2.45) is 0 Å². The fourth-order valence-electron chi connectivity index (χ4n) is 9.62. The Morgan fingerprint density at radius 3 is 0.889 bits per heavy atom. The fraction of sp³-hybridized carbons (Fsp3) is 0.0769. The first-order chi connectivity index (χ1) is 26.5. The smallest absolute Gasteiger partial charge is 0.0624 e. The van der Waals surface area contributed by atoms with Crippen molar-refractivity contribution in [2.45, 2.75) is 25.9 Å². The van der Waals surface area contributed by atoms with E-state index in [4.69, 9.17) is 0 Å². The van der Waals surface area contributed by atoms with Crippen LogP contribution in [0.25, 0.3) is 33.4 Å². The van der Waals surface area contributed by atoms with Gasteiger partial charge in [0, 0.05) is 0 Å². The second kappa shape index (κ2) is 12.9. The molecule has 0 unspecified atom stereocenters. The minimum atomic E-state index is -2.23. The largest absolute Gasteiger partial charge is 0.145 e. The van der Waals surface area contributed by atoms with Crippen molar-refractivity contribution in [1.82, 2.24) is 0 Å². The molecule has 0 nitrogen and oxygen atoms in total. The van der Waals surface area contributed by atoms with Gasteiger partial charge >= 0.3 is 0 Å². The zero-order chi connectivity index (χ0) is 36.3. The highest BCUT2D eigenvalue weighted by Gasteiger charge is 2.37. The third-order valence-electron chi connectivity index (χ3n) is 12.7. The second-order valence-electron chi connectivity index (χ2n) is 15.5. The molecule has 258 valence electrons. The number of fused-ring (bicyclic) bond motifs is 6. The summed E-state index contributed by atoms with van der Waals surface area (Å²) in [5.41, 5.74) is 14.2. The van der Waals surface area contributed by atoms with E-state index in [1.807, 2.05) is 0 Å². The summed E-state index contributed by atoms with van der Waals surface area (Å²) in [6.07, 6.45) is 1.93. The zero-order valence-electron chi connectivity index (χ0n) is 30.9. The maximum Gasteiger partial charge on any atom is 0.145 e. The van der Waals surface area contributed by atoms with Crippen LogP contribution in [-0.2, 0) is 12.8 Å². The van der Waals surface area contributed by atoms with Crippen molar-refractivity contribution in [3.8, 4) is 33.4 Å². The molecule has 10 rings (SSSR count). The van der Waals surface area contributed by atoms with Crippen LogP contribution in [0.2, 0.25) is 13.1 Å². The van der Waals surface area contributed by atoms with Gasteiger partial charge in [-0.15, -0.1) is 0 Å². The Kier molecular flexibility index (Phi) is 7.87. The average molecular weight is 723 g/mol. The van der Waals surface area contributed by atoms with Gasteiger partial charge in [-0.05, 0) is 99.6 Å². The molecule has 0 amide bonds. The van der Waals surface area contributed by atoms with Crippen LogP contribution in [0.4, 0.5) is 0 Å². The molecule has 0 aliphatic heterocycles. The Hall–Kier alpha value is -5.81. The van der Waals surface area contributed by atoms with Crippen LogP contribution in [-0.4, -0.2) is 16.1 Å². The minimum Gasteiger partial charge on any atom is -0.0624 e. The van der Waals surface area contributed by atoms with E-state index >= 15 is 0 Å². The summed E-state index contributed by atoms with van der Waals surface area (Å²) in [7, 11) is -4.46. The monoisotopic (exact) mass is 722 g/mol. The van der Waals surface area contributed by atoms with Gasteiger partial charge in [-0.25, -0.2) is 0 Å². The van der Waals surface area contributed by atoms with Crippen LogP contribution in [0.3, 0.4) is 0 Å². The first-order valence-corrected chi connectivity index (χ1v) is 24.3. The van der Waals surface area contributed by atoms with E-state index in [0.717, 1.165) is 12.8 Å². The lowest BCUT2D eigenvalue weighted by Crippen LogP contribution is -2.64. The van der Waals surface area contributed by atoms with E-state index < -0.39 is 16.1 Å². The van der Waals surface area contributed by atoms with Crippen LogP contribution in [0.1, 0.15) is 22.3 Å². The van der Waals surface area contributed by atoms with Crippen LogP contribution in [0.5, 0.6) is 0 Å². The molecule has 0 fully saturated rings. The number of rotatable bonds is 7. The highest BCUT2D eigenvalue weighted by atomic mass is 28.3. The van der Waals surface area contributed by atoms with Crippen LogP contribution < -0.4 is 31.1 Å². The van der Waals surface area contributed by atoms with E-state index in [1.54, 1.807) is 0 Å². The van der Waals surface area contributed by atoms with Crippen LogP contribution >= 0.6 is 0 Å². The first-order valence-electron chi connectivity index (χ1n) is 19.3. The van der Waals surface area contributed by atoms with Crippen molar-refractivity contribution >= 4 is 47.3 Å². The summed E-state index contributed by atoms with van der Waals surface area (Å²) in [5.74, 6) is 0. The van der Waals surface area contributed by atoms with Gasteiger partial charge in [-0.2, -0.15) is 0 Å². The summed E-state index contributed by atoms with van der Waals surface area (Å²) < 4.78 is 0. The van der Waals surface area contributed by atoms with Crippen LogP contribution in [0, 0.1) is 0 Å². The topological polar surface area (TPSA) is 0 Å². The van der Waals surface area contributed by atoms with Gasteiger partial charge in [0.05, 0.1) is 0 Å². The third kappa shape index (κ3) is 5.09. The molecule has 2 aliphatic carbocycles. The summed E-state index contributed by atoms with van der Waals surface area (Å²) in [6, 6.07) is 73.7. The van der Waals surface area contributed by atoms with E-state index in [1.165, 1.54) is 86.8 Å². The van der Waals surface area contributed by atoms with Crippen molar-refractivity contribution < 1.29 is 0 Å². The molecule has 8 aromatic carbocycles. The third-order valence-corrected chi connectivity index (χ3v) is 21.6. The Labute approximate surface area is 321 Å². The number of hydrogen-bond acceptors (Lipinski definition) is 0. The van der Waals surface area contributed by atoms with Gasteiger partial charge < -0.3 is 0 Å². The molecular weight excluding hydrogens is 681 g/mol. The van der Waals surface area contributed by atoms with Crippen molar-refractivity contribution in [2.75, 3.05) is 0 Å². The van der Waals surface area contributed by atoms with Crippen molar-refractivity contribution in [3.05, 3.63) is 216 Å². The summed E-state index contributed by atoms with van der Waals surface area (Å²) >= 11 is 0. The summed E-state index contributed by atoms with van der Waals surface area (Å²) in [4.78, 5) is 0. The average Bonchev–Trinajstić information content (AvgIpc) is 3.82. The quantitative estimate of drug-likeness (QED) is 0.114. The second-order valence-corrected chi connectivity index (χ2v) is 23.4. The van der Waals surface area contributed by atoms with Crippen LogP contribution in [0.15, 0.2) is 194 Å². The highest BCUT2D eigenvalue weighted by Crippen LogP contribution is 2.46. The molecule has 2 heteroatoms. The van der Waals surface area contributed by atoms with Gasteiger partial charge in [0.1, 0.15) is 16.1 Å². The van der Waals surface area contributed by atoms with Gasteiger partial charge in [0.25, 0.3) is 0 Å². The molecular formula is C52H42Si2. The normalized spacial score (nSPS) is 12.9. The summed E-state index contributed by atoms with van der Waals surface area (Å²) in [6.45, 7) is 5.04. The van der Waals surface area contributed by atoms with E-state index in [0.29, 0.717) is 0 Å². The maximum absolute atomic E-state index is 2.55. The Morgan fingerprint density at radius 2 is 0.574 bits per heavy atom. The fourth-order valence-corrected chi connectivity index (χ4v) is 16.8. The van der Waals surface area contributed by atoms with E-state index in [9.17, 15) is 0 Å². The number of hydrogen-bond donors (Lipinski definition) is 0. The maximum atomic E-state index is 2.55. The summed E-state index contributed by atoms with van der Waals surface area (Å²) in [5, 5.41) is 8.71. The Morgan fingerprint density at radius 1 is 0.278 bits per heavy atom. The lowest BCUT2D eigenvalue weighted by atomic mass is 9.90. The molecule has 0 radical (unpaired) electrons. The molecule has 8 aromatic rings. The predicted octanol–water partition coefficient (Wildman–Crippen LogP) is 8.70. The molecule has 0 aromatic heterocycles. The molecule has 0 heterocycles. The van der Waals surface area contributed by atoms with Gasteiger partial charge in [0.2, 0.25) is 0 Å². The minimum absolute atomic E-state index is 0.967. The molecule has 0 saturated carbocycles. The zero-order valence-corrected chi connectivity index (χ0v) is 32.9. The lowest BCUT2D eigenvalue weighted by molar-refractivity contribution is 1.24. The molecule has 0 N–H and O–H groups in total. The highest BCUT2D eigenvalue weighted by molar-refractivity contribution is 7.11. The van der Waals surface area contributed by atoms with Crippen molar-refractivity contribution in [1.29, 1.82) is 0 Å². The van der Waals surface area contributed by atoms with Gasteiger partial charge in [-0.1, -0.05) is 207 Å². The SMILES string of the molecule is C[Si](c1ccccc1)(c1ccccc1)c1ccc2c(c1)-c1cccc(-c3cccc4c3Cc3ccc([Si](C)(c5ccccc5)c5ccccc5)cc3-4)c1C2. The Balaban J connectivity index is 1.06. The lowest BCUT2D eigenvalue weighted by Gasteiger charge is -2.30. The molecule has 0 saturated heterocycles. The molecule has 0 atom stereocenters. The Bertz CT molecular complexity index is 2400. The predicted molar refractivity (Wildman–Crippen MR) is 235 cm³/mol. The molecule has 0 bridgehead atoms. The molecule has 0 spiro atoms. The van der Waals surface area contributed by atoms with Gasteiger partial charge in [-0.3, -0.25) is 0 Å². The molecule has 54 heavy (non-hydrogen) atoms. The van der Waals surface area contributed by atoms with E-state index in [-0.39, 0.29) is 0 Å². The standard InChI is InChI=1S/C52H42Si2/c1-53(39-17-7-3-8-18-39,40-19-9-4-10-20-40)43-31-29-37-33-51-45(25-15-27-47(51)49(37)35-43)46-26-16-28-48-50-36-44(32-30-38(50)34-52(46)48)54(2,41-21-11-5-12-22-41)42-23-13-6-14-24-42/h3-32,35-36H,33-34H2,1-2H3.